The molecule has 1 atom stereocenters. The smallest absolute Gasteiger partial charge is 0.0530 e. The Morgan fingerprint density at radius 2 is 1.07 bits per heavy atom. The SMILES string of the molecule is Cc1ccccc1-c1ccccc1P(C)n1c2ccccc2c2ccccc21. The third kappa shape index (κ3) is 2.66. The van der Waals surface area contributed by atoms with Gasteiger partial charge in [-0.2, -0.15) is 0 Å². The van der Waals surface area contributed by atoms with Gasteiger partial charge in [0.15, 0.2) is 0 Å². The van der Waals surface area contributed by atoms with Crippen molar-refractivity contribution in [1.82, 2.24) is 4.34 Å². The Bertz CT molecular complexity index is 1250. The molecule has 1 aromatic heterocycles. The van der Waals surface area contributed by atoms with Crippen molar-refractivity contribution in [1.29, 1.82) is 0 Å². The average Bonchev–Trinajstić information content (AvgIpc) is 3.08. The van der Waals surface area contributed by atoms with E-state index in [0.29, 0.717) is 0 Å². The van der Waals surface area contributed by atoms with Gasteiger partial charge in [0.2, 0.25) is 0 Å². The predicted octanol–water partition coefficient (Wildman–Crippen LogP) is 6.97. The third-order valence-corrected chi connectivity index (χ3v) is 7.66. The molecule has 0 radical (unpaired) electrons. The molecule has 0 aliphatic carbocycles. The first kappa shape index (κ1) is 17.2. The Labute approximate surface area is 167 Å². The van der Waals surface area contributed by atoms with Crippen LogP contribution in [-0.4, -0.2) is 11.0 Å². The van der Waals surface area contributed by atoms with E-state index in [1.807, 2.05) is 0 Å². The first-order valence-electron chi connectivity index (χ1n) is 9.63. The summed E-state index contributed by atoms with van der Waals surface area (Å²) in [5, 5.41) is 4.08. The number of nitrogens with zero attached hydrogens (tertiary/aromatic N) is 1. The van der Waals surface area contributed by atoms with Gasteiger partial charge in [-0.05, 0) is 42.4 Å². The molecule has 0 spiro atoms. The van der Waals surface area contributed by atoms with E-state index in [4.69, 9.17) is 0 Å². The summed E-state index contributed by atoms with van der Waals surface area (Å²) in [6, 6.07) is 35.1. The van der Waals surface area contributed by atoms with Crippen LogP contribution in [0.15, 0.2) is 97.1 Å². The van der Waals surface area contributed by atoms with E-state index in [9.17, 15) is 0 Å². The van der Waals surface area contributed by atoms with Crippen molar-refractivity contribution in [3.05, 3.63) is 103 Å². The van der Waals surface area contributed by atoms with Crippen molar-refractivity contribution >= 4 is 35.2 Å². The molecule has 0 bridgehead atoms. The Morgan fingerprint density at radius 1 is 0.571 bits per heavy atom. The molecule has 1 nitrogen and oxygen atoms in total. The maximum absolute atomic E-state index is 2.55. The lowest BCUT2D eigenvalue weighted by atomic mass is 10.0. The zero-order valence-electron chi connectivity index (χ0n) is 16.1. The van der Waals surface area contributed by atoms with Crippen molar-refractivity contribution in [3.63, 3.8) is 0 Å². The van der Waals surface area contributed by atoms with Crippen molar-refractivity contribution in [2.75, 3.05) is 6.66 Å². The van der Waals surface area contributed by atoms with Gasteiger partial charge in [0.05, 0.1) is 11.0 Å². The number of rotatable bonds is 3. The maximum Gasteiger partial charge on any atom is 0.0530 e. The van der Waals surface area contributed by atoms with Gasteiger partial charge < -0.3 is 4.34 Å². The summed E-state index contributed by atoms with van der Waals surface area (Å²) in [7, 11) is -0.573. The molecular weight excluding hydrogens is 357 g/mol. The zero-order chi connectivity index (χ0) is 19.1. The number of benzene rings is 4. The first-order valence-corrected chi connectivity index (χ1v) is 11.4. The topological polar surface area (TPSA) is 4.93 Å². The lowest BCUT2D eigenvalue weighted by Gasteiger charge is -2.21. The molecule has 0 saturated heterocycles. The van der Waals surface area contributed by atoms with Crippen LogP contribution in [0.2, 0.25) is 0 Å². The van der Waals surface area contributed by atoms with Crippen molar-refractivity contribution in [2.24, 2.45) is 0 Å². The number of fused-ring (bicyclic) bond motifs is 3. The van der Waals surface area contributed by atoms with Gasteiger partial charge in [0.25, 0.3) is 0 Å². The summed E-state index contributed by atoms with van der Waals surface area (Å²) in [4.78, 5) is 0. The molecule has 5 aromatic rings. The molecule has 1 heterocycles. The zero-order valence-corrected chi connectivity index (χ0v) is 17.0. The van der Waals surface area contributed by atoms with Crippen LogP contribution in [0.5, 0.6) is 0 Å². The number of aromatic nitrogens is 1. The Hall–Kier alpha value is -2.89. The molecule has 1 unspecified atom stereocenters. The minimum Gasteiger partial charge on any atom is -0.315 e. The van der Waals surface area contributed by atoms with Crippen LogP contribution in [0.3, 0.4) is 0 Å². The molecular formula is C26H22NP. The molecule has 0 amide bonds. The summed E-state index contributed by atoms with van der Waals surface area (Å²) in [6.45, 7) is 4.58. The van der Waals surface area contributed by atoms with E-state index >= 15 is 0 Å². The fourth-order valence-corrected chi connectivity index (χ4v) is 6.25. The molecule has 0 aliphatic rings. The quantitative estimate of drug-likeness (QED) is 0.298. The van der Waals surface area contributed by atoms with E-state index in [1.165, 1.54) is 43.8 Å². The van der Waals surface area contributed by atoms with Crippen LogP contribution in [0.4, 0.5) is 0 Å². The molecule has 5 rings (SSSR count). The van der Waals surface area contributed by atoms with Gasteiger partial charge in [-0.25, -0.2) is 0 Å². The Morgan fingerprint density at radius 3 is 1.71 bits per heavy atom. The van der Waals surface area contributed by atoms with E-state index in [-0.39, 0.29) is 0 Å². The monoisotopic (exact) mass is 379 g/mol. The molecule has 0 N–H and O–H groups in total. The predicted molar refractivity (Wildman–Crippen MR) is 124 cm³/mol. The van der Waals surface area contributed by atoms with Crippen LogP contribution in [-0.2, 0) is 0 Å². The molecule has 136 valence electrons. The van der Waals surface area contributed by atoms with E-state index in [1.54, 1.807) is 0 Å². The fourth-order valence-electron chi connectivity index (χ4n) is 4.19. The van der Waals surface area contributed by atoms with Gasteiger partial charge in [-0.15, -0.1) is 0 Å². The maximum atomic E-state index is 2.55. The summed E-state index contributed by atoms with van der Waals surface area (Å²) in [5.41, 5.74) is 6.62. The molecule has 0 aliphatic heterocycles. The average molecular weight is 379 g/mol. The Kier molecular flexibility index (Phi) is 4.26. The van der Waals surface area contributed by atoms with Gasteiger partial charge in [-0.1, -0.05) is 84.9 Å². The second kappa shape index (κ2) is 6.93. The van der Waals surface area contributed by atoms with Crippen molar-refractivity contribution in [3.8, 4) is 11.1 Å². The van der Waals surface area contributed by atoms with E-state index in [2.05, 4.69) is 115 Å². The lowest BCUT2D eigenvalue weighted by Crippen LogP contribution is -2.10. The summed E-state index contributed by atoms with van der Waals surface area (Å²) in [6.07, 6.45) is 0. The number of hydrogen-bond acceptors (Lipinski definition) is 0. The Balaban J connectivity index is 1.78. The van der Waals surface area contributed by atoms with Crippen LogP contribution < -0.4 is 5.30 Å². The molecule has 2 heteroatoms. The third-order valence-electron chi connectivity index (χ3n) is 5.54. The number of hydrogen-bond donors (Lipinski definition) is 0. The van der Waals surface area contributed by atoms with E-state index in [0.717, 1.165) is 0 Å². The van der Waals surface area contributed by atoms with Gasteiger partial charge in [0.1, 0.15) is 0 Å². The minimum atomic E-state index is -0.573. The van der Waals surface area contributed by atoms with Crippen molar-refractivity contribution < 1.29 is 0 Å². The number of para-hydroxylation sites is 2. The van der Waals surface area contributed by atoms with Crippen LogP contribution >= 0.6 is 8.07 Å². The highest BCUT2D eigenvalue weighted by molar-refractivity contribution is 7.64. The van der Waals surface area contributed by atoms with Crippen LogP contribution in [0, 0.1) is 6.92 Å². The highest BCUT2D eigenvalue weighted by Gasteiger charge is 2.19. The molecule has 28 heavy (non-hydrogen) atoms. The summed E-state index contributed by atoms with van der Waals surface area (Å²) >= 11 is 0. The normalized spacial score (nSPS) is 12.5. The molecule has 4 aromatic carbocycles. The summed E-state index contributed by atoms with van der Waals surface area (Å²) in [5.74, 6) is 0. The van der Waals surface area contributed by atoms with Crippen LogP contribution in [0.1, 0.15) is 5.56 Å². The summed E-state index contributed by atoms with van der Waals surface area (Å²) < 4.78 is 2.55. The van der Waals surface area contributed by atoms with E-state index < -0.39 is 8.07 Å². The minimum absolute atomic E-state index is 0.573. The van der Waals surface area contributed by atoms with Crippen molar-refractivity contribution in [2.45, 2.75) is 6.92 Å². The fraction of sp³-hybridized carbons (Fsp3) is 0.0769. The van der Waals surface area contributed by atoms with Gasteiger partial charge in [-0.3, -0.25) is 0 Å². The second-order valence-electron chi connectivity index (χ2n) is 7.20. The van der Waals surface area contributed by atoms with Crippen LogP contribution in [0.25, 0.3) is 32.9 Å². The standard InChI is InChI=1S/C26H22NP/c1-19-11-3-4-12-20(19)23-15-7-10-18-26(23)28(2)27-24-16-8-5-13-21(24)22-14-6-9-17-25(22)27/h3-18H,1-2H3. The molecule has 0 saturated carbocycles. The first-order chi connectivity index (χ1) is 13.8. The largest absolute Gasteiger partial charge is 0.315 e. The lowest BCUT2D eigenvalue weighted by molar-refractivity contribution is 1.39. The highest BCUT2D eigenvalue weighted by Crippen LogP contribution is 2.44. The number of aryl methyl sites for hydroxylation is 1. The van der Waals surface area contributed by atoms with Gasteiger partial charge in [0, 0.05) is 24.1 Å². The second-order valence-corrected chi connectivity index (χ2v) is 9.13. The molecule has 0 fully saturated rings. The highest BCUT2D eigenvalue weighted by atomic mass is 31.1. The van der Waals surface area contributed by atoms with Gasteiger partial charge >= 0.3 is 0 Å².